The van der Waals surface area contributed by atoms with Crippen molar-refractivity contribution in [2.24, 2.45) is 0 Å². The monoisotopic (exact) mass is 643 g/mol. The van der Waals surface area contributed by atoms with Gasteiger partial charge in [0.2, 0.25) is 0 Å². The van der Waals surface area contributed by atoms with Crippen LogP contribution in [0.15, 0.2) is 133 Å². The number of thioether (sulfide) groups is 1. The van der Waals surface area contributed by atoms with Gasteiger partial charge in [-0.2, -0.15) is 20.5 Å². The molecule has 6 nitrogen and oxygen atoms in total. The first-order chi connectivity index (χ1) is 21.6. The molecule has 45 heavy (non-hydrogen) atoms. The van der Waals surface area contributed by atoms with Crippen LogP contribution in [0.5, 0.6) is 0 Å². The molecule has 6 rings (SSSR count). The molecule has 1 unspecified atom stereocenters. The van der Waals surface area contributed by atoms with Crippen LogP contribution < -0.4 is 0 Å². The average Bonchev–Trinajstić information content (AvgIpc) is 3.50. The first kappa shape index (κ1) is 31.1. The SMILES string of the molecule is CSC1(CC(Cc2ccc(C(F)(F)P(=O)(O)O)cc2)(c2ccccc2)n2nnc3ccccc32)C=CC(c2ccccc2)C=C1. The molecule has 1 atom stereocenters. The number of para-hydroxylation sites is 1. The molecule has 1 heterocycles. The van der Waals surface area contributed by atoms with Crippen LogP contribution >= 0.6 is 19.4 Å². The van der Waals surface area contributed by atoms with Crippen LogP contribution in [-0.2, 0) is 22.2 Å². The lowest BCUT2D eigenvalue weighted by molar-refractivity contribution is 0.0564. The molecule has 1 aliphatic carbocycles. The van der Waals surface area contributed by atoms with Crippen molar-refractivity contribution in [2.45, 2.75) is 34.7 Å². The van der Waals surface area contributed by atoms with Gasteiger partial charge in [-0.15, -0.1) is 5.10 Å². The topological polar surface area (TPSA) is 88.2 Å². The normalized spacial score (nSPS) is 19.9. The quantitative estimate of drug-likeness (QED) is 0.118. The van der Waals surface area contributed by atoms with E-state index in [4.69, 9.17) is 5.21 Å². The predicted molar refractivity (Wildman–Crippen MR) is 175 cm³/mol. The van der Waals surface area contributed by atoms with Crippen LogP contribution in [0.1, 0.15) is 34.6 Å². The third-order valence-electron chi connectivity index (χ3n) is 8.54. The van der Waals surface area contributed by atoms with Crippen LogP contribution in [0.4, 0.5) is 8.78 Å². The fraction of sp³-hybridized carbons (Fsp3) is 0.200. The van der Waals surface area contributed by atoms with E-state index in [1.54, 1.807) is 11.8 Å². The molecule has 0 saturated heterocycles. The van der Waals surface area contributed by atoms with Gasteiger partial charge in [0.25, 0.3) is 0 Å². The molecule has 10 heteroatoms. The predicted octanol–water partition coefficient (Wildman–Crippen LogP) is 8.05. The summed E-state index contributed by atoms with van der Waals surface area (Å²) < 4.78 is 42.1. The fourth-order valence-electron chi connectivity index (χ4n) is 6.13. The fourth-order valence-corrected chi connectivity index (χ4v) is 7.43. The van der Waals surface area contributed by atoms with Gasteiger partial charge >= 0.3 is 13.3 Å². The van der Waals surface area contributed by atoms with Crippen molar-refractivity contribution in [3.63, 3.8) is 0 Å². The van der Waals surface area contributed by atoms with E-state index in [0.29, 0.717) is 18.4 Å². The molecule has 1 aromatic heterocycles. The van der Waals surface area contributed by atoms with Gasteiger partial charge in [0.15, 0.2) is 0 Å². The molecule has 230 valence electrons. The molecule has 0 aliphatic heterocycles. The highest BCUT2D eigenvalue weighted by Gasteiger charge is 2.50. The minimum atomic E-state index is -5.70. The Labute approximate surface area is 264 Å². The standard InChI is InChI=1S/C35H32F2N3O3PS/c1-45-33(22-20-28(21-23-33)27-10-4-2-5-11-27)25-34(29-12-6-3-7-13-29,40-32-15-9-8-14-31(32)38-39-40)24-26-16-18-30(19-17-26)35(36,37)44(41,42)43/h2-23,28H,24-25H2,1H3,(H2,41,42,43). The molecule has 0 bridgehead atoms. The van der Waals surface area contributed by atoms with Crippen LogP contribution in [-0.4, -0.2) is 35.8 Å². The van der Waals surface area contributed by atoms with Crippen molar-refractivity contribution >= 4 is 30.4 Å². The van der Waals surface area contributed by atoms with E-state index >= 15 is 0 Å². The summed E-state index contributed by atoms with van der Waals surface area (Å²) in [6, 6.07) is 33.2. The zero-order chi connectivity index (χ0) is 31.7. The minimum Gasteiger partial charge on any atom is -0.320 e. The van der Waals surface area contributed by atoms with Gasteiger partial charge in [0.05, 0.1) is 15.8 Å². The number of fused-ring (bicyclic) bond motifs is 1. The minimum absolute atomic E-state index is 0.132. The molecule has 0 amide bonds. The molecule has 0 saturated carbocycles. The van der Waals surface area contributed by atoms with Gasteiger partial charge < -0.3 is 9.79 Å². The molecule has 5 aromatic rings. The van der Waals surface area contributed by atoms with Gasteiger partial charge in [-0.25, -0.2) is 4.68 Å². The molecule has 1 aliphatic rings. The largest absolute Gasteiger partial charge is 0.399 e. The van der Waals surface area contributed by atoms with Crippen LogP contribution in [0.3, 0.4) is 0 Å². The number of aromatic nitrogens is 3. The van der Waals surface area contributed by atoms with Crippen LogP contribution in [0, 0.1) is 0 Å². The number of nitrogens with zero attached hydrogens (tertiary/aromatic N) is 3. The lowest BCUT2D eigenvalue weighted by Crippen LogP contribution is -2.44. The third-order valence-corrected chi connectivity index (χ3v) is 10.7. The molecule has 0 fully saturated rings. The lowest BCUT2D eigenvalue weighted by Gasteiger charge is -2.42. The first-order valence-corrected chi connectivity index (χ1v) is 17.3. The summed E-state index contributed by atoms with van der Waals surface area (Å²) in [5.41, 5.74) is -1.45. The first-order valence-electron chi connectivity index (χ1n) is 14.5. The van der Waals surface area contributed by atoms with Crippen molar-refractivity contribution in [1.82, 2.24) is 15.0 Å². The van der Waals surface area contributed by atoms with Crippen LogP contribution in [0.25, 0.3) is 11.0 Å². The summed E-state index contributed by atoms with van der Waals surface area (Å²) in [4.78, 5) is 18.6. The van der Waals surface area contributed by atoms with Gasteiger partial charge in [0.1, 0.15) is 5.52 Å². The Balaban J connectivity index is 1.50. The maximum Gasteiger partial charge on any atom is 0.399 e. The summed E-state index contributed by atoms with van der Waals surface area (Å²) in [5.74, 6) is 0.132. The molecule has 2 N–H and O–H groups in total. The van der Waals surface area contributed by atoms with Crippen molar-refractivity contribution in [2.75, 3.05) is 6.26 Å². The summed E-state index contributed by atoms with van der Waals surface area (Å²) in [6.45, 7) is 0. The molecule has 0 spiro atoms. The zero-order valence-corrected chi connectivity index (χ0v) is 26.2. The number of allylic oxidation sites excluding steroid dienone is 2. The van der Waals surface area contributed by atoms with Gasteiger partial charge in [-0.3, -0.25) is 4.57 Å². The number of halogens is 2. The lowest BCUT2D eigenvalue weighted by atomic mass is 9.74. The van der Waals surface area contributed by atoms with E-state index in [9.17, 15) is 23.1 Å². The summed E-state index contributed by atoms with van der Waals surface area (Å²) in [6.07, 6.45) is 11.9. The maximum atomic E-state index is 14.6. The number of hydrogen-bond acceptors (Lipinski definition) is 4. The number of benzene rings is 4. The molecule has 0 radical (unpaired) electrons. The highest BCUT2D eigenvalue weighted by molar-refractivity contribution is 8.00. The van der Waals surface area contributed by atoms with Gasteiger partial charge in [-0.1, -0.05) is 127 Å². The Bertz CT molecular complexity index is 1880. The van der Waals surface area contributed by atoms with Crippen molar-refractivity contribution < 1.29 is 23.1 Å². The van der Waals surface area contributed by atoms with Crippen molar-refractivity contribution in [3.05, 3.63) is 156 Å². The Hall–Kier alpha value is -3.88. The van der Waals surface area contributed by atoms with Crippen molar-refractivity contribution in [1.29, 1.82) is 0 Å². The van der Waals surface area contributed by atoms with E-state index < -0.39 is 29.1 Å². The Kier molecular flexibility index (Phi) is 8.39. The second kappa shape index (κ2) is 12.1. The third kappa shape index (κ3) is 5.93. The Morgan fingerprint density at radius 3 is 2.07 bits per heavy atom. The summed E-state index contributed by atoms with van der Waals surface area (Å²) in [7, 11) is -5.70. The second-order valence-electron chi connectivity index (χ2n) is 11.3. The highest BCUT2D eigenvalue weighted by Crippen LogP contribution is 2.59. The van der Waals surface area contributed by atoms with E-state index in [-0.39, 0.29) is 5.92 Å². The van der Waals surface area contributed by atoms with E-state index in [2.05, 4.69) is 47.8 Å². The summed E-state index contributed by atoms with van der Waals surface area (Å²) >= 11 is 1.71. The summed E-state index contributed by atoms with van der Waals surface area (Å²) in [5, 5.41) is 9.21. The maximum absolute atomic E-state index is 14.6. The van der Waals surface area contributed by atoms with Gasteiger partial charge in [0, 0.05) is 17.9 Å². The smallest absolute Gasteiger partial charge is 0.320 e. The van der Waals surface area contributed by atoms with Gasteiger partial charge in [-0.05, 0) is 41.5 Å². The van der Waals surface area contributed by atoms with E-state index in [0.717, 1.165) is 28.7 Å². The number of alkyl halides is 2. The van der Waals surface area contributed by atoms with E-state index in [1.807, 2.05) is 77.5 Å². The van der Waals surface area contributed by atoms with Crippen molar-refractivity contribution in [3.8, 4) is 0 Å². The average molecular weight is 644 g/mol. The highest BCUT2D eigenvalue weighted by atomic mass is 32.2. The zero-order valence-electron chi connectivity index (χ0n) is 24.4. The van der Waals surface area contributed by atoms with Crippen LogP contribution in [0.2, 0.25) is 0 Å². The number of hydrogen-bond donors (Lipinski definition) is 2. The number of rotatable bonds is 10. The van der Waals surface area contributed by atoms with E-state index in [1.165, 1.54) is 17.7 Å². The Morgan fingerprint density at radius 2 is 1.44 bits per heavy atom. The molecular formula is C35H32F2N3O3PS. The second-order valence-corrected chi connectivity index (χ2v) is 14.2. The molecule has 4 aromatic carbocycles. The molecular weight excluding hydrogens is 611 g/mol. The Morgan fingerprint density at radius 1 is 0.844 bits per heavy atom.